The number of anilines is 2. The number of nitrogens with zero attached hydrogens (tertiary/aromatic N) is 1. The van der Waals surface area contributed by atoms with E-state index < -0.39 is 16.1 Å². The molecule has 6 nitrogen and oxygen atoms in total. The van der Waals surface area contributed by atoms with Crippen LogP contribution in [0, 0.1) is 0 Å². The number of hydrogen-bond acceptors (Lipinski definition) is 4. The fraction of sp³-hybridized carbons (Fsp3) is 0.350. The molecule has 1 atom stereocenters. The van der Waals surface area contributed by atoms with Crippen molar-refractivity contribution in [2.45, 2.75) is 37.6 Å². The number of hydrogen-bond donors (Lipinski definition) is 2. The molecule has 2 aromatic rings. The van der Waals surface area contributed by atoms with Gasteiger partial charge in [-0.3, -0.25) is 4.79 Å². The van der Waals surface area contributed by atoms with Crippen molar-refractivity contribution >= 4 is 27.3 Å². The van der Waals surface area contributed by atoms with Crippen LogP contribution in [0.4, 0.5) is 11.4 Å². The summed E-state index contributed by atoms with van der Waals surface area (Å²) in [5.74, 6) is 0.202. The fourth-order valence-electron chi connectivity index (χ4n) is 2.48. The van der Waals surface area contributed by atoms with Gasteiger partial charge in [-0.2, -0.15) is 0 Å². The van der Waals surface area contributed by atoms with Gasteiger partial charge in [-0.15, -0.1) is 0 Å². The zero-order valence-corrected chi connectivity index (χ0v) is 17.2. The number of benzene rings is 2. The molecule has 0 aliphatic rings. The number of rotatable bonds is 7. The zero-order valence-electron chi connectivity index (χ0n) is 16.4. The maximum Gasteiger partial charge on any atom is 0.246 e. The summed E-state index contributed by atoms with van der Waals surface area (Å²) in [5, 5.41) is 5.91. The molecule has 0 saturated carbocycles. The lowest BCUT2D eigenvalue weighted by atomic mass is 10.0. The molecule has 146 valence electrons. The minimum absolute atomic E-state index is 0.134. The van der Waals surface area contributed by atoms with Crippen molar-refractivity contribution in [1.29, 1.82) is 0 Å². The quantitative estimate of drug-likeness (QED) is 0.760. The molecule has 27 heavy (non-hydrogen) atoms. The van der Waals surface area contributed by atoms with Crippen molar-refractivity contribution in [3.8, 4) is 0 Å². The van der Waals surface area contributed by atoms with Gasteiger partial charge in [0.2, 0.25) is 15.9 Å². The van der Waals surface area contributed by atoms with Crippen LogP contribution in [0.2, 0.25) is 0 Å². The molecule has 2 N–H and O–H groups in total. The molecular formula is C20H27N3O3S. The third kappa shape index (κ3) is 5.30. The van der Waals surface area contributed by atoms with E-state index in [0.717, 1.165) is 9.99 Å². The van der Waals surface area contributed by atoms with Crippen molar-refractivity contribution in [1.82, 2.24) is 4.31 Å². The van der Waals surface area contributed by atoms with Crippen LogP contribution in [0.3, 0.4) is 0 Å². The minimum Gasteiger partial charge on any atom is -0.374 e. The summed E-state index contributed by atoms with van der Waals surface area (Å²) >= 11 is 0. The zero-order chi connectivity index (χ0) is 20.2. The molecule has 0 heterocycles. The Morgan fingerprint density at radius 1 is 0.963 bits per heavy atom. The van der Waals surface area contributed by atoms with E-state index in [2.05, 4.69) is 24.5 Å². The number of carbonyl (C=O) groups excluding carboxylic acids is 1. The molecule has 0 unspecified atom stereocenters. The van der Waals surface area contributed by atoms with Gasteiger partial charge in [0, 0.05) is 25.5 Å². The van der Waals surface area contributed by atoms with Crippen molar-refractivity contribution in [3.05, 3.63) is 54.1 Å². The maximum atomic E-state index is 12.5. The first-order valence-electron chi connectivity index (χ1n) is 8.81. The second kappa shape index (κ2) is 8.54. The molecule has 0 bridgehead atoms. The molecule has 0 aromatic heterocycles. The van der Waals surface area contributed by atoms with E-state index in [0.29, 0.717) is 11.6 Å². The molecule has 0 saturated heterocycles. The van der Waals surface area contributed by atoms with Crippen molar-refractivity contribution in [3.63, 3.8) is 0 Å². The standard InChI is InChI=1S/C20H27N3O3S/c1-14(2)16-9-11-17(12-10-16)21-15(3)20(24)22-18-7-6-8-19(13-18)27(25,26)23(4)5/h6-15,21H,1-5H3,(H,22,24)/t15-/m1/s1. The SMILES string of the molecule is CC(C)c1ccc(N[C@H](C)C(=O)Nc2cccc(S(=O)(=O)N(C)C)c2)cc1. The van der Waals surface area contributed by atoms with Crippen LogP contribution in [0.25, 0.3) is 0 Å². The second-order valence-electron chi connectivity index (χ2n) is 6.95. The molecule has 1 amide bonds. The van der Waals surface area contributed by atoms with Crippen molar-refractivity contribution in [2.75, 3.05) is 24.7 Å². The largest absolute Gasteiger partial charge is 0.374 e. The van der Waals surface area contributed by atoms with Gasteiger partial charge in [-0.05, 0) is 48.7 Å². The fourth-order valence-corrected chi connectivity index (χ4v) is 3.42. The van der Waals surface area contributed by atoms with Crippen LogP contribution in [-0.4, -0.2) is 38.8 Å². The second-order valence-corrected chi connectivity index (χ2v) is 9.10. The van der Waals surface area contributed by atoms with Crippen LogP contribution >= 0.6 is 0 Å². The summed E-state index contributed by atoms with van der Waals surface area (Å²) in [6.45, 7) is 6.01. The molecule has 0 aliphatic carbocycles. The van der Waals surface area contributed by atoms with Crippen LogP contribution in [-0.2, 0) is 14.8 Å². The van der Waals surface area contributed by atoms with Gasteiger partial charge in [0.05, 0.1) is 4.90 Å². The lowest BCUT2D eigenvalue weighted by Crippen LogP contribution is -2.32. The Bertz CT molecular complexity index is 891. The summed E-state index contributed by atoms with van der Waals surface area (Å²) in [7, 11) is -0.610. The van der Waals surface area contributed by atoms with Gasteiger partial charge in [-0.25, -0.2) is 12.7 Å². The lowest BCUT2D eigenvalue weighted by Gasteiger charge is -2.17. The molecule has 0 fully saturated rings. The van der Waals surface area contributed by atoms with Gasteiger partial charge in [0.15, 0.2) is 0 Å². The Balaban J connectivity index is 2.06. The van der Waals surface area contributed by atoms with E-state index in [9.17, 15) is 13.2 Å². The first kappa shape index (κ1) is 20.9. The van der Waals surface area contributed by atoms with Gasteiger partial charge in [-0.1, -0.05) is 32.0 Å². The molecule has 7 heteroatoms. The van der Waals surface area contributed by atoms with Crippen molar-refractivity contribution in [2.24, 2.45) is 0 Å². The predicted molar refractivity (Wildman–Crippen MR) is 110 cm³/mol. The van der Waals surface area contributed by atoms with Crippen LogP contribution in [0.1, 0.15) is 32.3 Å². The normalized spacial score (nSPS) is 12.9. The average Bonchev–Trinajstić information content (AvgIpc) is 2.62. The minimum atomic E-state index is -3.55. The number of amides is 1. The number of carbonyl (C=O) groups is 1. The highest BCUT2D eigenvalue weighted by Gasteiger charge is 2.18. The maximum absolute atomic E-state index is 12.5. The first-order valence-corrected chi connectivity index (χ1v) is 10.2. The molecule has 0 radical (unpaired) electrons. The van der Waals surface area contributed by atoms with Gasteiger partial charge in [0.1, 0.15) is 6.04 Å². The summed E-state index contributed by atoms with van der Waals surface area (Å²) in [5.41, 5.74) is 2.52. The van der Waals surface area contributed by atoms with E-state index in [4.69, 9.17) is 0 Å². The predicted octanol–water partition coefficient (Wildman–Crippen LogP) is 3.50. The Morgan fingerprint density at radius 2 is 1.59 bits per heavy atom. The summed E-state index contributed by atoms with van der Waals surface area (Å²) < 4.78 is 25.6. The van der Waals surface area contributed by atoms with E-state index in [1.54, 1.807) is 19.1 Å². The Kier molecular flexibility index (Phi) is 6.62. The van der Waals surface area contributed by atoms with Crippen LogP contribution in [0.5, 0.6) is 0 Å². The third-order valence-electron chi connectivity index (χ3n) is 4.23. The highest BCUT2D eigenvalue weighted by Crippen LogP contribution is 2.20. The number of nitrogens with one attached hydrogen (secondary N) is 2. The van der Waals surface area contributed by atoms with E-state index >= 15 is 0 Å². The molecule has 0 aliphatic heterocycles. The highest BCUT2D eigenvalue weighted by atomic mass is 32.2. The molecule has 2 rings (SSSR count). The van der Waals surface area contributed by atoms with E-state index in [-0.39, 0.29) is 10.8 Å². The van der Waals surface area contributed by atoms with E-state index in [1.165, 1.54) is 31.8 Å². The van der Waals surface area contributed by atoms with Crippen LogP contribution < -0.4 is 10.6 Å². The van der Waals surface area contributed by atoms with Gasteiger partial charge >= 0.3 is 0 Å². The Labute approximate surface area is 161 Å². The van der Waals surface area contributed by atoms with Gasteiger partial charge in [0.25, 0.3) is 0 Å². The summed E-state index contributed by atoms with van der Waals surface area (Å²) in [4.78, 5) is 12.6. The lowest BCUT2D eigenvalue weighted by molar-refractivity contribution is -0.116. The third-order valence-corrected chi connectivity index (χ3v) is 6.05. The Hall–Kier alpha value is -2.38. The topological polar surface area (TPSA) is 78.5 Å². The average molecular weight is 390 g/mol. The smallest absolute Gasteiger partial charge is 0.246 e. The van der Waals surface area contributed by atoms with E-state index in [1.807, 2.05) is 24.3 Å². The van der Waals surface area contributed by atoms with Crippen LogP contribution in [0.15, 0.2) is 53.4 Å². The molecular weight excluding hydrogens is 362 g/mol. The Morgan fingerprint density at radius 3 is 2.15 bits per heavy atom. The molecule has 2 aromatic carbocycles. The summed E-state index contributed by atoms with van der Waals surface area (Å²) in [6.07, 6.45) is 0. The molecule has 0 spiro atoms. The van der Waals surface area contributed by atoms with Crippen molar-refractivity contribution < 1.29 is 13.2 Å². The summed E-state index contributed by atoms with van der Waals surface area (Å²) in [6, 6.07) is 13.7. The number of sulfonamides is 1. The van der Waals surface area contributed by atoms with Gasteiger partial charge < -0.3 is 10.6 Å². The first-order chi connectivity index (χ1) is 12.6. The monoisotopic (exact) mass is 389 g/mol. The highest BCUT2D eigenvalue weighted by molar-refractivity contribution is 7.89.